The molecule has 1 aliphatic heterocycles. The molecule has 8 heteroatoms. The molecule has 7 nitrogen and oxygen atoms in total. The number of carbonyl (C=O) groups is 1. The molecule has 2 aromatic rings. The van der Waals surface area contributed by atoms with Crippen molar-refractivity contribution in [3.05, 3.63) is 60.2 Å². The molecule has 2 aromatic carbocycles. The highest BCUT2D eigenvalue weighted by Crippen LogP contribution is 2.35. The van der Waals surface area contributed by atoms with E-state index in [0.29, 0.717) is 18.7 Å². The maximum Gasteiger partial charge on any atom is 0.410 e. The van der Waals surface area contributed by atoms with Crippen molar-refractivity contribution < 1.29 is 22.7 Å². The van der Waals surface area contributed by atoms with Gasteiger partial charge in [-0.15, -0.1) is 0 Å². The minimum absolute atomic E-state index is 0.120. The van der Waals surface area contributed by atoms with E-state index in [1.807, 2.05) is 65.0 Å². The van der Waals surface area contributed by atoms with Gasteiger partial charge in [0.05, 0.1) is 24.1 Å². The first-order valence-corrected chi connectivity index (χ1v) is 13.1. The van der Waals surface area contributed by atoms with Crippen molar-refractivity contribution in [2.75, 3.05) is 20.2 Å². The van der Waals surface area contributed by atoms with Crippen molar-refractivity contribution in [3.63, 3.8) is 0 Å². The molecule has 1 aliphatic rings. The Balaban J connectivity index is 1.86. The van der Waals surface area contributed by atoms with Gasteiger partial charge < -0.3 is 9.47 Å². The summed E-state index contributed by atoms with van der Waals surface area (Å²) in [6.45, 7) is 10.0. The number of ether oxygens (including phenoxy) is 2. The molecular formula is C26H36N2O5S. The van der Waals surface area contributed by atoms with E-state index in [1.165, 1.54) is 4.31 Å². The van der Waals surface area contributed by atoms with Gasteiger partial charge in [-0.05, 0) is 62.9 Å². The van der Waals surface area contributed by atoms with Crippen molar-refractivity contribution in [2.24, 2.45) is 5.92 Å². The molecule has 0 aliphatic carbocycles. The van der Waals surface area contributed by atoms with E-state index in [4.69, 9.17) is 9.47 Å². The third kappa shape index (κ3) is 6.51. The van der Waals surface area contributed by atoms with Crippen LogP contribution in [0.1, 0.15) is 40.2 Å². The summed E-state index contributed by atoms with van der Waals surface area (Å²) in [6, 6.07) is 15.9. The van der Waals surface area contributed by atoms with Crippen LogP contribution >= 0.6 is 0 Å². The third-order valence-electron chi connectivity index (χ3n) is 5.62. The monoisotopic (exact) mass is 488 g/mol. The highest BCUT2D eigenvalue weighted by atomic mass is 32.2. The van der Waals surface area contributed by atoms with Crippen molar-refractivity contribution in [1.29, 1.82) is 0 Å². The van der Waals surface area contributed by atoms with E-state index in [2.05, 4.69) is 0 Å². The Morgan fingerprint density at radius 3 is 2.18 bits per heavy atom. The van der Waals surface area contributed by atoms with Crippen LogP contribution in [0.3, 0.4) is 0 Å². The van der Waals surface area contributed by atoms with E-state index in [0.717, 1.165) is 5.56 Å². The number of nitrogens with zero attached hydrogens (tertiary/aromatic N) is 2. The van der Waals surface area contributed by atoms with E-state index >= 15 is 0 Å². The van der Waals surface area contributed by atoms with Gasteiger partial charge >= 0.3 is 6.09 Å². The van der Waals surface area contributed by atoms with Crippen molar-refractivity contribution >= 4 is 16.1 Å². The summed E-state index contributed by atoms with van der Waals surface area (Å²) in [6.07, 6.45) is 0.229. The zero-order valence-corrected chi connectivity index (χ0v) is 21.7. The summed E-state index contributed by atoms with van der Waals surface area (Å²) in [7, 11) is -2.22. The molecule has 1 heterocycles. The Morgan fingerprint density at radius 2 is 1.65 bits per heavy atom. The summed E-state index contributed by atoms with van der Waals surface area (Å²) in [5, 5.41) is 0. The molecule has 2 atom stereocenters. The Morgan fingerprint density at radius 1 is 1.03 bits per heavy atom. The van der Waals surface area contributed by atoms with Crippen molar-refractivity contribution in [2.45, 2.75) is 63.6 Å². The van der Waals surface area contributed by atoms with Gasteiger partial charge in [-0.1, -0.05) is 44.2 Å². The molecule has 34 heavy (non-hydrogen) atoms. The number of rotatable bonds is 9. The minimum Gasteiger partial charge on any atom is -0.497 e. The molecule has 0 spiro atoms. The first-order valence-electron chi connectivity index (χ1n) is 11.6. The number of hydrogen-bond acceptors (Lipinski definition) is 5. The van der Waals surface area contributed by atoms with E-state index in [1.54, 1.807) is 36.3 Å². The quantitative estimate of drug-likeness (QED) is 0.483. The number of sulfonamides is 1. The van der Waals surface area contributed by atoms with Gasteiger partial charge in [0.1, 0.15) is 11.4 Å². The van der Waals surface area contributed by atoms with Crippen LogP contribution < -0.4 is 4.74 Å². The van der Waals surface area contributed by atoms with Crippen LogP contribution in [-0.2, 0) is 21.2 Å². The summed E-state index contributed by atoms with van der Waals surface area (Å²) in [5.41, 5.74) is 0.464. The Kier molecular flexibility index (Phi) is 7.93. The molecule has 3 rings (SSSR count). The average molecular weight is 489 g/mol. The van der Waals surface area contributed by atoms with Gasteiger partial charge in [0, 0.05) is 13.1 Å². The fourth-order valence-corrected chi connectivity index (χ4v) is 5.63. The minimum atomic E-state index is -3.76. The first-order chi connectivity index (χ1) is 15.9. The number of hydrogen-bond donors (Lipinski definition) is 0. The lowest BCUT2D eigenvalue weighted by Gasteiger charge is -2.24. The highest BCUT2D eigenvalue weighted by molar-refractivity contribution is 7.89. The normalized spacial score (nSPS) is 18.3. The molecule has 0 bridgehead atoms. The van der Waals surface area contributed by atoms with Gasteiger partial charge in [0.25, 0.3) is 0 Å². The second kappa shape index (κ2) is 10.4. The predicted octanol–water partition coefficient (Wildman–Crippen LogP) is 4.57. The number of carbonyl (C=O) groups excluding carboxylic acids is 1. The summed E-state index contributed by atoms with van der Waals surface area (Å²) in [4.78, 5) is 14.8. The first kappa shape index (κ1) is 26.0. The largest absolute Gasteiger partial charge is 0.497 e. The van der Waals surface area contributed by atoms with Crippen molar-refractivity contribution in [1.82, 2.24) is 9.21 Å². The standard InChI is InChI=1S/C26H36N2O5S/c1-19(2)17-27(34(30,31)22-14-12-21(32-6)13-15-22)18-24-23(16-20-10-8-7-9-11-20)28(24)25(29)33-26(3,4)5/h7-15,19,23-24H,16-18H2,1-6H3/t23?,24-,28?/m1/s1. The van der Waals surface area contributed by atoms with Crippen LogP contribution in [0.25, 0.3) is 0 Å². The van der Waals surface area contributed by atoms with Crippen LogP contribution in [-0.4, -0.2) is 61.6 Å². The van der Waals surface area contributed by atoms with E-state index in [9.17, 15) is 13.2 Å². The predicted molar refractivity (Wildman–Crippen MR) is 132 cm³/mol. The lowest BCUT2D eigenvalue weighted by atomic mass is 10.1. The summed E-state index contributed by atoms with van der Waals surface area (Å²) >= 11 is 0. The van der Waals surface area contributed by atoms with Gasteiger partial charge in [-0.3, -0.25) is 4.90 Å². The molecule has 0 N–H and O–H groups in total. The number of amides is 1. The smallest absolute Gasteiger partial charge is 0.410 e. The molecule has 186 valence electrons. The maximum absolute atomic E-state index is 13.6. The highest BCUT2D eigenvalue weighted by Gasteiger charge is 2.53. The Labute approximate surface area is 203 Å². The summed E-state index contributed by atoms with van der Waals surface area (Å²) in [5.74, 6) is 0.713. The maximum atomic E-state index is 13.6. The van der Waals surface area contributed by atoms with Crippen LogP contribution in [0.5, 0.6) is 5.75 Å². The molecule has 1 amide bonds. The zero-order valence-electron chi connectivity index (χ0n) is 20.9. The molecule has 0 radical (unpaired) electrons. The van der Waals surface area contributed by atoms with E-state index in [-0.39, 0.29) is 29.4 Å². The fourth-order valence-electron chi connectivity index (χ4n) is 4.00. The van der Waals surface area contributed by atoms with Gasteiger partial charge in [-0.25, -0.2) is 13.2 Å². The molecular weight excluding hydrogens is 452 g/mol. The zero-order chi connectivity index (χ0) is 25.1. The molecule has 1 unspecified atom stereocenters. The van der Waals surface area contributed by atoms with Gasteiger partial charge in [0.15, 0.2) is 0 Å². The van der Waals surface area contributed by atoms with Gasteiger partial charge in [0.2, 0.25) is 10.0 Å². The van der Waals surface area contributed by atoms with Crippen molar-refractivity contribution in [3.8, 4) is 5.75 Å². The number of benzene rings is 2. The summed E-state index contributed by atoms with van der Waals surface area (Å²) < 4.78 is 39.4. The molecule has 1 fully saturated rings. The lowest BCUT2D eigenvalue weighted by molar-refractivity contribution is 0.0390. The third-order valence-corrected chi connectivity index (χ3v) is 7.46. The molecule has 1 saturated heterocycles. The second-order valence-corrected chi connectivity index (χ2v) is 12.0. The number of methoxy groups -OCH3 is 1. The topological polar surface area (TPSA) is 75.9 Å². The van der Waals surface area contributed by atoms with Crippen LogP contribution in [0.4, 0.5) is 4.79 Å². The van der Waals surface area contributed by atoms with Crippen LogP contribution in [0.15, 0.2) is 59.5 Å². The molecule has 0 saturated carbocycles. The van der Waals surface area contributed by atoms with Gasteiger partial charge in [-0.2, -0.15) is 4.31 Å². The second-order valence-electron chi connectivity index (χ2n) is 10.1. The van der Waals surface area contributed by atoms with Crippen LogP contribution in [0.2, 0.25) is 0 Å². The van der Waals surface area contributed by atoms with E-state index < -0.39 is 21.7 Å². The fraction of sp³-hybridized carbons (Fsp3) is 0.500. The lowest BCUT2D eigenvalue weighted by Crippen LogP contribution is -2.38. The average Bonchev–Trinajstić information content (AvgIpc) is 3.44. The SMILES string of the molecule is COc1ccc(S(=O)(=O)N(CC(C)C)C[C@@H]2C(Cc3ccccc3)N2C(=O)OC(C)(C)C)cc1. The Bertz CT molecular complexity index is 1060. The van der Waals surface area contributed by atoms with Crippen LogP contribution in [0, 0.1) is 5.92 Å². The Hall–Kier alpha value is -2.58. The molecule has 0 aromatic heterocycles.